The summed E-state index contributed by atoms with van der Waals surface area (Å²) < 4.78 is 37.6. The number of urea groups is 1. The molecule has 0 aliphatic carbocycles. The number of halogens is 3. The van der Waals surface area contributed by atoms with Crippen molar-refractivity contribution < 1.29 is 23.1 Å². The third-order valence-corrected chi connectivity index (χ3v) is 3.01. The van der Waals surface area contributed by atoms with Gasteiger partial charge in [0.05, 0.1) is 5.56 Å². The molecule has 0 heterocycles. The molecule has 0 saturated heterocycles. The topological polar surface area (TPSA) is 61.4 Å². The van der Waals surface area contributed by atoms with Gasteiger partial charge in [0.2, 0.25) is 0 Å². The number of benzene rings is 1. The van der Waals surface area contributed by atoms with Crippen LogP contribution in [0.15, 0.2) is 24.3 Å². The highest BCUT2D eigenvalue weighted by Crippen LogP contribution is 2.29. The molecular weight excluding hydrogens is 285 g/mol. The molecule has 0 saturated carbocycles. The second-order valence-electron chi connectivity index (χ2n) is 4.64. The van der Waals surface area contributed by atoms with Gasteiger partial charge in [-0.05, 0) is 30.5 Å². The molecule has 0 aromatic heterocycles. The van der Waals surface area contributed by atoms with Gasteiger partial charge in [0.1, 0.15) is 0 Å². The fraction of sp³-hybridized carbons (Fsp3) is 0.500. The molecule has 1 aromatic rings. The van der Waals surface area contributed by atoms with Gasteiger partial charge in [0, 0.05) is 19.2 Å². The lowest BCUT2D eigenvalue weighted by Crippen LogP contribution is -2.41. The van der Waals surface area contributed by atoms with Crippen molar-refractivity contribution in [3.8, 4) is 0 Å². The van der Waals surface area contributed by atoms with E-state index < -0.39 is 17.8 Å². The van der Waals surface area contributed by atoms with Gasteiger partial charge in [-0.25, -0.2) is 4.79 Å². The van der Waals surface area contributed by atoms with Crippen LogP contribution in [-0.4, -0.2) is 23.8 Å². The van der Waals surface area contributed by atoms with Crippen LogP contribution in [0.1, 0.15) is 30.9 Å². The monoisotopic (exact) mass is 304 g/mol. The average Bonchev–Trinajstić information content (AvgIpc) is 2.44. The van der Waals surface area contributed by atoms with E-state index in [9.17, 15) is 18.0 Å². The van der Waals surface area contributed by atoms with Crippen molar-refractivity contribution >= 4 is 6.03 Å². The maximum absolute atomic E-state index is 12.5. The molecule has 3 N–H and O–H groups in total. The van der Waals surface area contributed by atoms with E-state index >= 15 is 0 Å². The number of hydrogen-bond acceptors (Lipinski definition) is 2. The van der Waals surface area contributed by atoms with E-state index in [0.717, 1.165) is 12.1 Å². The Balaban J connectivity index is 2.53. The molecule has 118 valence electrons. The Morgan fingerprint density at radius 2 is 2.10 bits per heavy atom. The molecule has 0 aliphatic rings. The molecule has 0 fully saturated rings. The molecule has 2 amide bonds. The zero-order chi connectivity index (χ0) is 15.9. The molecule has 0 radical (unpaired) electrons. The summed E-state index contributed by atoms with van der Waals surface area (Å²) in [5.41, 5.74) is -0.371. The maximum Gasteiger partial charge on any atom is 0.416 e. The quantitative estimate of drug-likeness (QED) is 0.756. The van der Waals surface area contributed by atoms with Crippen molar-refractivity contribution in [1.29, 1.82) is 0 Å². The number of aliphatic hydroxyl groups excluding tert-OH is 1. The lowest BCUT2D eigenvalue weighted by molar-refractivity contribution is -0.137. The van der Waals surface area contributed by atoms with Crippen LogP contribution in [0.25, 0.3) is 0 Å². The molecular formula is C14H19F3N2O2. The van der Waals surface area contributed by atoms with Gasteiger partial charge in [-0.3, -0.25) is 0 Å². The minimum absolute atomic E-state index is 0.00527. The second-order valence-corrected chi connectivity index (χ2v) is 4.64. The standard InChI is InChI=1S/C14H19F3N2O2/c1-2-12(6-7-20)19-13(21)18-9-10-4-3-5-11(8-10)14(15,16)17/h3-5,8,12,20H,2,6-7,9H2,1H3,(H2,18,19,21). The highest BCUT2D eigenvalue weighted by Gasteiger charge is 2.30. The van der Waals surface area contributed by atoms with Gasteiger partial charge in [0.15, 0.2) is 0 Å². The number of rotatable bonds is 6. The first-order chi connectivity index (χ1) is 9.86. The fourth-order valence-corrected chi connectivity index (χ4v) is 1.81. The van der Waals surface area contributed by atoms with Crippen molar-refractivity contribution in [2.24, 2.45) is 0 Å². The van der Waals surface area contributed by atoms with E-state index in [1.54, 1.807) is 0 Å². The van der Waals surface area contributed by atoms with E-state index in [-0.39, 0.29) is 19.2 Å². The minimum Gasteiger partial charge on any atom is -0.396 e. The minimum atomic E-state index is -4.40. The number of carbonyl (C=O) groups is 1. The average molecular weight is 304 g/mol. The van der Waals surface area contributed by atoms with Crippen LogP contribution in [0.3, 0.4) is 0 Å². The largest absolute Gasteiger partial charge is 0.416 e. The highest BCUT2D eigenvalue weighted by molar-refractivity contribution is 5.74. The van der Waals surface area contributed by atoms with Crippen LogP contribution in [0.2, 0.25) is 0 Å². The predicted molar refractivity (Wildman–Crippen MR) is 72.6 cm³/mol. The third kappa shape index (κ3) is 6.03. The number of hydrogen-bond donors (Lipinski definition) is 3. The molecule has 1 atom stereocenters. The molecule has 1 rings (SSSR count). The van der Waals surface area contributed by atoms with Gasteiger partial charge >= 0.3 is 12.2 Å². The van der Waals surface area contributed by atoms with Gasteiger partial charge in [-0.15, -0.1) is 0 Å². The second kappa shape index (κ2) is 7.87. The first-order valence-corrected chi connectivity index (χ1v) is 6.68. The van der Waals surface area contributed by atoms with Crippen LogP contribution in [0.4, 0.5) is 18.0 Å². The summed E-state index contributed by atoms with van der Waals surface area (Å²) >= 11 is 0. The van der Waals surface area contributed by atoms with Crippen LogP contribution in [0.5, 0.6) is 0 Å². The smallest absolute Gasteiger partial charge is 0.396 e. The van der Waals surface area contributed by atoms with E-state index in [4.69, 9.17) is 5.11 Å². The number of amides is 2. The zero-order valence-corrected chi connectivity index (χ0v) is 11.7. The Labute approximate surface area is 121 Å². The molecule has 4 nitrogen and oxygen atoms in total. The summed E-state index contributed by atoms with van der Waals surface area (Å²) in [6, 6.07) is 4.19. The lowest BCUT2D eigenvalue weighted by atomic mass is 10.1. The zero-order valence-electron chi connectivity index (χ0n) is 11.7. The summed E-state index contributed by atoms with van der Waals surface area (Å²) in [5, 5.41) is 14.0. The Morgan fingerprint density at radius 3 is 2.67 bits per heavy atom. The van der Waals surface area contributed by atoms with E-state index in [1.165, 1.54) is 12.1 Å². The van der Waals surface area contributed by atoms with Gasteiger partial charge in [-0.2, -0.15) is 13.2 Å². The van der Waals surface area contributed by atoms with Crippen molar-refractivity contribution in [2.75, 3.05) is 6.61 Å². The van der Waals surface area contributed by atoms with Crippen molar-refractivity contribution in [3.05, 3.63) is 35.4 Å². The van der Waals surface area contributed by atoms with Crippen LogP contribution in [0, 0.1) is 0 Å². The first kappa shape index (κ1) is 17.3. The van der Waals surface area contributed by atoms with Gasteiger partial charge in [-0.1, -0.05) is 19.1 Å². The predicted octanol–water partition coefficient (Wildman–Crippen LogP) is 2.67. The Morgan fingerprint density at radius 1 is 1.38 bits per heavy atom. The number of aliphatic hydroxyl groups is 1. The van der Waals surface area contributed by atoms with E-state index in [2.05, 4.69) is 10.6 Å². The summed E-state index contributed by atoms with van der Waals surface area (Å²) in [6.07, 6.45) is -3.29. The number of nitrogens with one attached hydrogen (secondary N) is 2. The van der Waals surface area contributed by atoms with E-state index in [1.807, 2.05) is 6.92 Å². The first-order valence-electron chi connectivity index (χ1n) is 6.68. The van der Waals surface area contributed by atoms with Crippen molar-refractivity contribution in [3.63, 3.8) is 0 Å². The Kier molecular flexibility index (Phi) is 6.48. The number of carbonyl (C=O) groups excluding carboxylic acids is 1. The molecule has 21 heavy (non-hydrogen) atoms. The molecule has 0 bridgehead atoms. The van der Waals surface area contributed by atoms with Crippen LogP contribution < -0.4 is 10.6 Å². The summed E-state index contributed by atoms with van der Waals surface area (Å²) in [4.78, 5) is 11.6. The Bertz CT molecular complexity index is 464. The molecule has 7 heteroatoms. The molecule has 0 aliphatic heterocycles. The van der Waals surface area contributed by atoms with Gasteiger partial charge < -0.3 is 15.7 Å². The molecule has 0 spiro atoms. The maximum atomic E-state index is 12.5. The highest BCUT2D eigenvalue weighted by atomic mass is 19.4. The van der Waals surface area contributed by atoms with Gasteiger partial charge in [0.25, 0.3) is 0 Å². The van der Waals surface area contributed by atoms with Crippen molar-refractivity contribution in [1.82, 2.24) is 10.6 Å². The lowest BCUT2D eigenvalue weighted by Gasteiger charge is -2.16. The van der Waals surface area contributed by atoms with E-state index in [0.29, 0.717) is 18.4 Å². The molecule has 1 aromatic carbocycles. The van der Waals surface area contributed by atoms with Crippen LogP contribution >= 0.6 is 0 Å². The summed E-state index contributed by atoms with van der Waals surface area (Å²) in [7, 11) is 0. The SMILES string of the molecule is CCC(CCO)NC(=O)NCc1cccc(C(F)(F)F)c1. The van der Waals surface area contributed by atoms with Crippen LogP contribution in [-0.2, 0) is 12.7 Å². The Hall–Kier alpha value is -1.76. The summed E-state index contributed by atoms with van der Waals surface area (Å²) in [5.74, 6) is 0. The fourth-order valence-electron chi connectivity index (χ4n) is 1.81. The summed E-state index contributed by atoms with van der Waals surface area (Å²) in [6.45, 7) is 1.84. The molecule has 1 unspecified atom stereocenters. The normalized spacial score (nSPS) is 12.8. The van der Waals surface area contributed by atoms with Crippen molar-refractivity contribution in [2.45, 2.75) is 38.5 Å². The third-order valence-electron chi connectivity index (χ3n) is 3.01. The number of alkyl halides is 3.